The van der Waals surface area contributed by atoms with E-state index in [2.05, 4.69) is 10.3 Å². The van der Waals surface area contributed by atoms with E-state index >= 15 is 0 Å². The van der Waals surface area contributed by atoms with Gasteiger partial charge in [-0.1, -0.05) is 12.1 Å². The summed E-state index contributed by atoms with van der Waals surface area (Å²) in [5.74, 6) is -0.887. The summed E-state index contributed by atoms with van der Waals surface area (Å²) in [6.45, 7) is 0. The molecule has 0 fully saturated rings. The Balaban J connectivity index is 1.77. The molecule has 0 saturated heterocycles. The minimum atomic E-state index is -0.850. The highest BCUT2D eigenvalue weighted by atomic mass is 16.3. The number of rotatable bonds is 5. The molecule has 4 N–H and O–H groups in total. The number of aromatic nitrogens is 2. The number of aromatic hydroxyl groups is 1. The second-order valence-electron chi connectivity index (χ2n) is 5.86. The van der Waals surface area contributed by atoms with Gasteiger partial charge in [-0.3, -0.25) is 9.59 Å². The lowest BCUT2D eigenvalue weighted by molar-refractivity contribution is -0.119. The number of hydrogen-bond acceptors (Lipinski definition) is 4. The van der Waals surface area contributed by atoms with Crippen molar-refractivity contribution in [2.45, 2.75) is 12.5 Å². The first-order chi connectivity index (χ1) is 11.9. The molecule has 1 heterocycles. The molecular formula is C18H18N4O3. The van der Waals surface area contributed by atoms with Crippen LogP contribution in [0.1, 0.15) is 15.9 Å². The van der Waals surface area contributed by atoms with Crippen molar-refractivity contribution in [1.29, 1.82) is 0 Å². The molecule has 2 amide bonds. The third-order valence-corrected chi connectivity index (χ3v) is 4.01. The monoisotopic (exact) mass is 338 g/mol. The molecule has 2 aromatic carbocycles. The largest absolute Gasteiger partial charge is 0.508 e. The van der Waals surface area contributed by atoms with Crippen LogP contribution in [0, 0.1) is 0 Å². The minimum Gasteiger partial charge on any atom is -0.508 e. The number of phenols is 1. The van der Waals surface area contributed by atoms with Crippen LogP contribution in [0.25, 0.3) is 11.0 Å². The van der Waals surface area contributed by atoms with Crippen molar-refractivity contribution >= 4 is 22.8 Å². The maximum atomic E-state index is 12.5. The van der Waals surface area contributed by atoms with E-state index in [0.29, 0.717) is 11.1 Å². The molecule has 3 aromatic rings. The molecule has 1 atom stereocenters. The third-order valence-electron chi connectivity index (χ3n) is 4.01. The maximum absolute atomic E-state index is 12.5. The number of carbonyl (C=O) groups excluding carboxylic acids is 2. The van der Waals surface area contributed by atoms with Crippen molar-refractivity contribution in [3.05, 3.63) is 59.9 Å². The van der Waals surface area contributed by atoms with E-state index in [0.717, 1.165) is 11.1 Å². The molecule has 0 radical (unpaired) electrons. The lowest BCUT2D eigenvalue weighted by Crippen LogP contribution is -2.45. The normalized spacial score (nSPS) is 12.0. The summed E-state index contributed by atoms with van der Waals surface area (Å²) in [5, 5.41) is 12.0. The quantitative estimate of drug-likeness (QED) is 0.647. The summed E-state index contributed by atoms with van der Waals surface area (Å²) in [6, 6.07) is 10.7. The molecular weight excluding hydrogens is 320 g/mol. The lowest BCUT2D eigenvalue weighted by Gasteiger charge is -2.16. The predicted octanol–water partition coefficient (Wildman–Crippen LogP) is 1.11. The standard InChI is InChI=1S/C18H18N4O3/c1-22-10-20-14-9-12(4-7-16(14)22)18(25)21-15(17(19)24)8-11-2-5-13(23)6-3-11/h2-7,9-10,15,23H,8H2,1H3,(H2,19,24)(H,21,25)/t15-/m0/s1. The summed E-state index contributed by atoms with van der Waals surface area (Å²) < 4.78 is 1.86. The van der Waals surface area contributed by atoms with Gasteiger partial charge in [0.15, 0.2) is 0 Å². The molecule has 0 aliphatic heterocycles. The summed E-state index contributed by atoms with van der Waals surface area (Å²) in [7, 11) is 1.87. The van der Waals surface area contributed by atoms with Crippen LogP contribution in [0.3, 0.4) is 0 Å². The number of aryl methyl sites for hydroxylation is 1. The Morgan fingerprint density at radius 3 is 2.64 bits per heavy atom. The maximum Gasteiger partial charge on any atom is 0.252 e. The average Bonchev–Trinajstić information content (AvgIpc) is 2.96. The fourth-order valence-electron chi connectivity index (χ4n) is 2.61. The number of primary amides is 1. The van der Waals surface area contributed by atoms with Gasteiger partial charge in [0.2, 0.25) is 5.91 Å². The van der Waals surface area contributed by atoms with E-state index in [4.69, 9.17) is 5.73 Å². The second kappa shape index (κ2) is 6.64. The number of nitrogens with zero attached hydrogens (tertiary/aromatic N) is 2. The number of fused-ring (bicyclic) bond motifs is 1. The molecule has 7 nitrogen and oxygen atoms in total. The SMILES string of the molecule is Cn1cnc2cc(C(=O)N[C@@H](Cc3ccc(O)cc3)C(N)=O)ccc21. The van der Waals surface area contributed by atoms with Gasteiger partial charge < -0.3 is 20.7 Å². The van der Waals surface area contributed by atoms with Gasteiger partial charge in [-0.05, 0) is 35.9 Å². The van der Waals surface area contributed by atoms with E-state index in [9.17, 15) is 14.7 Å². The summed E-state index contributed by atoms with van der Waals surface area (Å²) in [6.07, 6.45) is 1.91. The Kier molecular flexibility index (Phi) is 4.38. The Morgan fingerprint density at radius 2 is 1.96 bits per heavy atom. The number of nitrogens with two attached hydrogens (primary N) is 1. The van der Waals surface area contributed by atoms with Crippen molar-refractivity contribution in [3.8, 4) is 5.75 Å². The van der Waals surface area contributed by atoms with E-state index in [1.54, 1.807) is 36.7 Å². The van der Waals surface area contributed by atoms with Crippen LogP contribution in [-0.2, 0) is 18.3 Å². The Labute approximate surface area is 144 Å². The lowest BCUT2D eigenvalue weighted by atomic mass is 10.0. The highest BCUT2D eigenvalue weighted by molar-refractivity contribution is 5.99. The van der Waals surface area contributed by atoms with Gasteiger partial charge in [-0.15, -0.1) is 0 Å². The van der Waals surface area contributed by atoms with Crippen molar-refractivity contribution in [1.82, 2.24) is 14.9 Å². The zero-order valence-electron chi connectivity index (χ0n) is 13.6. The van der Waals surface area contributed by atoms with Gasteiger partial charge in [0.1, 0.15) is 11.8 Å². The molecule has 0 bridgehead atoms. The van der Waals surface area contributed by atoms with E-state index in [-0.39, 0.29) is 12.2 Å². The molecule has 25 heavy (non-hydrogen) atoms. The summed E-state index contributed by atoms with van der Waals surface area (Å²) in [5.41, 5.74) is 8.21. The van der Waals surface area contributed by atoms with Crippen LogP contribution in [0.4, 0.5) is 0 Å². The molecule has 0 saturated carbocycles. The van der Waals surface area contributed by atoms with Crippen molar-refractivity contribution in [3.63, 3.8) is 0 Å². The molecule has 0 aliphatic rings. The van der Waals surface area contributed by atoms with Gasteiger partial charge in [0.05, 0.1) is 17.4 Å². The number of imidazole rings is 1. The molecule has 128 valence electrons. The predicted molar refractivity (Wildman–Crippen MR) is 93.0 cm³/mol. The van der Waals surface area contributed by atoms with Gasteiger partial charge in [0, 0.05) is 19.0 Å². The molecule has 0 aliphatic carbocycles. The highest BCUT2D eigenvalue weighted by Gasteiger charge is 2.20. The first-order valence-corrected chi connectivity index (χ1v) is 7.73. The van der Waals surface area contributed by atoms with E-state index < -0.39 is 17.9 Å². The van der Waals surface area contributed by atoms with Gasteiger partial charge in [0.25, 0.3) is 5.91 Å². The van der Waals surface area contributed by atoms with Crippen LogP contribution in [-0.4, -0.2) is 32.5 Å². The topological polar surface area (TPSA) is 110 Å². The average molecular weight is 338 g/mol. The molecule has 0 unspecified atom stereocenters. The van der Waals surface area contributed by atoms with Crippen molar-refractivity contribution < 1.29 is 14.7 Å². The first kappa shape index (κ1) is 16.5. The van der Waals surface area contributed by atoms with Crippen molar-refractivity contribution in [2.75, 3.05) is 0 Å². The van der Waals surface area contributed by atoms with E-state index in [1.165, 1.54) is 12.1 Å². The first-order valence-electron chi connectivity index (χ1n) is 7.73. The van der Waals surface area contributed by atoms with Gasteiger partial charge >= 0.3 is 0 Å². The summed E-state index contributed by atoms with van der Waals surface area (Å²) >= 11 is 0. The molecule has 0 spiro atoms. The zero-order valence-corrected chi connectivity index (χ0v) is 13.6. The van der Waals surface area contributed by atoms with Gasteiger partial charge in [-0.2, -0.15) is 0 Å². The molecule has 1 aromatic heterocycles. The van der Waals surface area contributed by atoms with Crippen molar-refractivity contribution in [2.24, 2.45) is 12.8 Å². The number of carbonyl (C=O) groups is 2. The number of phenolic OH excluding ortho intramolecular Hbond substituents is 1. The summed E-state index contributed by atoms with van der Waals surface area (Å²) in [4.78, 5) is 28.4. The van der Waals surface area contributed by atoms with Gasteiger partial charge in [-0.25, -0.2) is 4.98 Å². The number of benzene rings is 2. The fraction of sp³-hybridized carbons (Fsp3) is 0.167. The molecule has 7 heteroatoms. The smallest absolute Gasteiger partial charge is 0.252 e. The second-order valence-corrected chi connectivity index (χ2v) is 5.86. The van der Waals surface area contributed by atoms with Crippen LogP contribution >= 0.6 is 0 Å². The van der Waals surface area contributed by atoms with E-state index in [1.807, 2.05) is 11.6 Å². The number of hydrogen-bond donors (Lipinski definition) is 3. The van der Waals surface area contributed by atoms with Crippen LogP contribution in [0.2, 0.25) is 0 Å². The van der Waals surface area contributed by atoms with Crippen LogP contribution < -0.4 is 11.1 Å². The highest BCUT2D eigenvalue weighted by Crippen LogP contribution is 2.15. The zero-order chi connectivity index (χ0) is 18.0. The minimum absolute atomic E-state index is 0.132. The van der Waals surface area contributed by atoms with Crippen LogP contribution in [0.5, 0.6) is 5.75 Å². The third kappa shape index (κ3) is 3.60. The fourth-order valence-corrected chi connectivity index (χ4v) is 2.61. The molecule has 3 rings (SSSR count). The number of nitrogens with one attached hydrogen (secondary N) is 1. The Morgan fingerprint density at radius 1 is 1.24 bits per heavy atom. The Hall–Kier alpha value is -3.35. The van der Waals surface area contributed by atoms with Crippen LogP contribution in [0.15, 0.2) is 48.8 Å². The Bertz CT molecular complexity index is 931. The number of amides is 2.